The maximum Gasteiger partial charge on any atom is 0.338 e. The zero-order valence-corrected chi connectivity index (χ0v) is 23.8. The van der Waals surface area contributed by atoms with Crippen LogP contribution in [-0.4, -0.2) is 29.0 Å². The van der Waals surface area contributed by atoms with Gasteiger partial charge >= 0.3 is 23.9 Å². The van der Waals surface area contributed by atoms with E-state index in [1.807, 2.05) is 0 Å². The number of rotatable bonds is 11. The lowest BCUT2D eigenvalue weighted by molar-refractivity contribution is -0.132. The van der Waals surface area contributed by atoms with E-state index >= 15 is 0 Å². The largest absolute Gasteiger partial charge is 0.423 e. The third-order valence-corrected chi connectivity index (χ3v) is 5.79. The second-order valence-electron chi connectivity index (χ2n) is 8.75. The summed E-state index contributed by atoms with van der Waals surface area (Å²) < 4.78 is 21.1. The minimum absolute atomic E-state index is 0.0274. The Kier molecular flexibility index (Phi) is 11.4. The lowest BCUT2D eigenvalue weighted by Gasteiger charge is -2.12. The zero-order chi connectivity index (χ0) is 30.9. The monoisotopic (exact) mass is 576 g/mol. The van der Waals surface area contributed by atoms with Crippen molar-refractivity contribution in [2.24, 2.45) is 0 Å². The number of thioether (sulfide) groups is 1. The smallest absolute Gasteiger partial charge is 0.338 e. The van der Waals surface area contributed by atoms with E-state index in [0.29, 0.717) is 16.0 Å². The summed E-state index contributed by atoms with van der Waals surface area (Å²) in [6.45, 7) is 20.1. The predicted octanol–water partition coefficient (Wildman–Crippen LogP) is 5.94. The predicted molar refractivity (Wildman–Crippen MR) is 155 cm³/mol. The highest BCUT2D eigenvalue weighted by molar-refractivity contribution is 8.14. The van der Waals surface area contributed by atoms with Gasteiger partial charge in [-0.15, -0.1) is 0 Å². The molecule has 0 radical (unpaired) electrons. The second-order valence-corrected chi connectivity index (χ2v) is 9.76. The molecule has 0 saturated carbocycles. The Morgan fingerprint density at radius 1 is 0.634 bits per heavy atom. The molecule has 0 aliphatic heterocycles. The van der Waals surface area contributed by atoms with Crippen molar-refractivity contribution in [1.82, 2.24) is 0 Å². The molecule has 2 aromatic rings. The van der Waals surface area contributed by atoms with Gasteiger partial charge in [0.15, 0.2) is 11.5 Å². The number of benzene rings is 2. The number of ether oxygens (including phenoxy) is 4. The molecule has 0 aliphatic carbocycles. The highest BCUT2D eigenvalue weighted by Gasteiger charge is 2.18. The van der Waals surface area contributed by atoms with E-state index in [0.717, 1.165) is 17.8 Å². The van der Waals surface area contributed by atoms with Crippen LogP contribution in [0.3, 0.4) is 0 Å². The first kappa shape index (κ1) is 32.3. The van der Waals surface area contributed by atoms with Gasteiger partial charge in [0.25, 0.3) is 0 Å². The summed E-state index contributed by atoms with van der Waals surface area (Å²) in [5.41, 5.74) is 1.18. The molecule has 0 amide bonds. The molecule has 0 fully saturated rings. The first-order valence-electron chi connectivity index (χ1n) is 11.9. The van der Waals surface area contributed by atoms with Gasteiger partial charge in [0.1, 0.15) is 11.5 Å². The summed E-state index contributed by atoms with van der Waals surface area (Å²) in [6.07, 6.45) is 2.51. The van der Waals surface area contributed by atoms with Crippen LogP contribution in [-0.2, 0) is 24.0 Å². The maximum atomic E-state index is 12.6. The van der Waals surface area contributed by atoms with E-state index in [1.165, 1.54) is 51.1 Å². The minimum atomic E-state index is -0.839. The van der Waals surface area contributed by atoms with Crippen molar-refractivity contribution in [2.45, 2.75) is 32.6 Å². The Balaban J connectivity index is 2.32. The highest BCUT2D eigenvalue weighted by atomic mass is 32.2. The summed E-state index contributed by atoms with van der Waals surface area (Å²) in [7, 11) is 0. The Hall–Kier alpha value is -4.96. The van der Waals surface area contributed by atoms with Gasteiger partial charge in [-0.3, -0.25) is 4.79 Å². The molecule has 10 heteroatoms. The van der Waals surface area contributed by atoms with E-state index in [1.54, 1.807) is 19.1 Å². The molecule has 2 aromatic carbocycles. The van der Waals surface area contributed by atoms with E-state index in [9.17, 15) is 24.0 Å². The third-order valence-electron chi connectivity index (χ3n) is 4.72. The Morgan fingerprint density at radius 2 is 1.17 bits per heavy atom. The van der Waals surface area contributed by atoms with E-state index in [2.05, 4.69) is 26.3 Å². The fraction of sp³-hybridized carbons (Fsp3) is 0.129. The van der Waals surface area contributed by atoms with Crippen LogP contribution in [0.15, 0.2) is 96.0 Å². The van der Waals surface area contributed by atoms with Crippen molar-refractivity contribution >= 4 is 46.8 Å². The summed E-state index contributed by atoms with van der Waals surface area (Å²) in [6, 6.07) is 8.42. The van der Waals surface area contributed by atoms with Crippen LogP contribution in [0.2, 0.25) is 0 Å². The normalized spacial score (nSPS) is 10.3. The van der Waals surface area contributed by atoms with Crippen LogP contribution >= 0.6 is 11.8 Å². The average Bonchev–Trinajstić information content (AvgIpc) is 2.89. The number of hydrogen-bond acceptors (Lipinski definition) is 10. The van der Waals surface area contributed by atoms with E-state index in [-0.39, 0.29) is 44.8 Å². The molecule has 212 valence electrons. The Morgan fingerprint density at radius 3 is 1.73 bits per heavy atom. The fourth-order valence-electron chi connectivity index (χ4n) is 2.57. The van der Waals surface area contributed by atoms with Gasteiger partial charge in [-0.25, -0.2) is 19.2 Å². The lowest BCUT2D eigenvalue weighted by Crippen LogP contribution is -2.12. The summed E-state index contributed by atoms with van der Waals surface area (Å²) in [5, 5.41) is -0.340. The molecular weight excluding hydrogens is 548 g/mol. The number of carbonyl (C=O) groups is 5. The molecule has 0 N–H and O–H groups in total. The van der Waals surface area contributed by atoms with Crippen LogP contribution in [0.1, 0.15) is 33.3 Å². The summed E-state index contributed by atoms with van der Waals surface area (Å²) >= 11 is 0.808. The summed E-state index contributed by atoms with van der Waals surface area (Å²) in [4.78, 5) is 61.2. The van der Waals surface area contributed by atoms with Crippen molar-refractivity contribution in [3.05, 3.63) is 96.6 Å². The molecule has 41 heavy (non-hydrogen) atoms. The molecule has 0 bridgehead atoms. The Labute approximate surface area is 241 Å². The standard InChI is InChI=1S/C31H28O9S/c1-17(2)28(33)37-22-11-13-23(25(16-22)40-30(35)19(5)6)38-27(32)14-10-21-9-12-24(39-29(34)18(3)4)26(15-21)41-31(36)20(7)8/h9-16H,1,3,5,7H2,2,4,6,8H3/b14-10+. The van der Waals surface area contributed by atoms with Gasteiger partial charge in [-0.2, -0.15) is 0 Å². The second kappa shape index (κ2) is 14.4. The van der Waals surface area contributed by atoms with Crippen molar-refractivity contribution in [3.8, 4) is 23.0 Å². The first-order chi connectivity index (χ1) is 19.2. The topological polar surface area (TPSA) is 122 Å². The molecule has 9 nitrogen and oxygen atoms in total. The van der Waals surface area contributed by atoms with Gasteiger partial charge in [0.2, 0.25) is 5.12 Å². The fourth-order valence-corrected chi connectivity index (χ4v) is 3.35. The molecule has 0 heterocycles. The van der Waals surface area contributed by atoms with Crippen molar-refractivity contribution in [1.29, 1.82) is 0 Å². The number of hydrogen-bond donors (Lipinski definition) is 0. The summed E-state index contributed by atoms with van der Waals surface area (Å²) in [5.74, 6) is -3.14. The molecule has 0 atom stereocenters. The van der Waals surface area contributed by atoms with Crippen molar-refractivity contribution < 1.29 is 42.9 Å². The number of esters is 4. The van der Waals surface area contributed by atoms with E-state index in [4.69, 9.17) is 18.9 Å². The molecule has 0 aliphatic rings. The molecule has 0 spiro atoms. The Bertz CT molecular complexity index is 1510. The average molecular weight is 577 g/mol. The quantitative estimate of drug-likeness (QED) is 0.137. The van der Waals surface area contributed by atoms with Gasteiger partial charge in [0.05, 0.1) is 4.90 Å². The minimum Gasteiger partial charge on any atom is -0.423 e. The van der Waals surface area contributed by atoms with Crippen molar-refractivity contribution in [3.63, 3.8) is 0 Å². The van der Waals surface area contributed by atoms with Crippen LogP contribution in [0.25, 0.3) is 6.08 Å². The van der Waals surface area contributed by atoms with Gasteiger partial charge < -0.3 is 18.9 Å². The highest BCUT2D eigenvalue weighted by Crippen LogP contribution is 2.34. The van der Waals surface area contributed by atoms with Crippen LogP contribution in [0.5, 0.6) is 23.0 Å². The number of carbonyl (C=O) groups excluding carboxylic acids is 5. The van der Waals surface area contributed by atoms with Crippen molar-refractivity contribution in [2.75, 3.05) is 0 Å². The third kappa shape index (κ3) is 9.94. The van der Waals surface area contributed by atoms with Crippen LogP contribution in [0, 0.1) is 0 Å². The molecule has 2 rings (SSSR count). The maximum absolute atomic E-state index is 12.6. The van der Waals surface area contributed by atoms with Gasteiger partial charge in [-0.05, 0) is 80.9 Å². The zero-order valence-electron chi connectivity index (χ0n) is 23.0. The molecule has 0 aromatic heterocycles. The van der Waals surface area contributed by atoms with Gasteiger partial charge in [0, 0.05) is 28.9 Å². The molecule has 0 saturated heterocycles. The van der Waals surface area contributed by atoms with E-state index < -0.39 is 23.9 Å². The first-order valence-corrected chi connectivity index (χ1v) is 12.7. The molecule has 0 unspecified atom stereocenters. The van der Waals surface area contributed by atoms with Gasteiger partial charge in [-0.1, -0.05) is 32.4 Å². The molecular formula is C31H28O9S. The lowest BCUT2D eigenvalue weighted by atomic mass is 10.2. The SMILES string of the molecule is C=C(C)C(=O)Oc1ccc(OC(=O)/C=C/c2ccc(OC(=O)C(=C)C)c(SC(=O)C(=C)C)c2)c(OC(=O)C(=C)C)c1. The van der Waals surface area contributed by atoms with Crippen LogP contribution < -0.4 is 18.9 Å². The van der Waals surface area contributed by atoms with Crippen LogP contribution in [0.4, 0.5) is 0 Å².